The van der Waals surface area contributed by atoms with Crippen molar-refractivity contribution in [2.24, 2.45) is 0 Å². The Balaban J connectivity index is 1.65. The van der Waals surface area contributed by atoms with Gasteiger partial charge in [-0.15, -0.1) is 0 Å². The molecule has 0 amide bonds. The van der Waals surface area contributed by atoms with Gasteiger partial charge in [-0.25, -0.2) is 4.98 Å². The molecule has 1 aromatic heterocycles. The van der Waals surface area contributed by atoms with E-state index in [0.717, 1.165) is 17.0 Å². The molecule has 1 heterocycles. The van der Waals surface area contributed by atoms with Gasteiger partial charge in [0.2, 0.25) is 0 Å². The second kappa shape index (κ2) is 7.61. The van der Waals surface area contributed by atoms with Crippen LogP contribution in [0, 0.1) is 13.8 Å². The third-order valence-electron chi connectivity index (χ3n) is 5.52. The number of aryl methyl sites for hydroxylation is 2. The van der Waals surface area contributed by atoms with E-state index < -0.39 is 0 Å². The topological polar surface area (TPSA) is 12.9 Å². The predicted molar refractivity (Wildman–Crippen MR) is 128 cm³/mol. The van der Waals surface area contributed by atoms with Crippen molar-refractivity contribution < 1.29 is 0 Å². The van der Waals surface area contributed by atoms with Crippen molar-refractivity contribution in [2.75, 3.05) is 0 Å². The van der Waals surface area contributed by atoms with E-state index in [4.69, 9.17) is 4.98 Å². The molecule has 0 N–H and O–H groups in total. The van der Waals surface area contributed by atoms with E-state index in [0.29, 0.717) is 0 Å². The van der Waals surface area contributed by atoms with E-state index in [1.807, 2.05) is 6.07 Å². The molecule has 1 heteroatoms. The number of aromatic nitrogens is 1. The molecule has 0 unspecified atom stereocenters. The monoisotopic (exact) mass is 385 g/mol. The second-order valence-electron chi connectivity index (χ2n) is 7.90. The van der Waals surface area contributed by atoms with Crippen LogP contribution in [0.4, 0.5) is 0 Å². The van der Waals surface area contributed by atoms with Crippen molar-refractivity contribution >= 4 is 10.8 Å². The Morgan fingerprint density at radius 3 is 1.83 bits per heavy atom. The second-order valence-corrected chi connectivity index (χ2v) is 7.90. The SMILES string of the molecule is Cc1cc(C)cc(-c2nc(-c3ccc(-c4ccccc4)cc3)cc3ccccc23)c1. The van der Waals surface area contributed by atoms with Gasteiger partial charge in [0.1, 0.15) is 0 Å². The number of hydrogen-bond acceptors (Lipinski definition) is 1. The van der Waals surface area contributed by atoms with Crippen molar-refractivity contribution in [3.63, 3.8) is 0 Å². The summed E-state index contributed by atoms with van der Waals surface area (Å²) >= 11 is 0. The lowest BCUT2D eigenvalue weighted by Crippen LogP contribution is -1.92. The van der Waals surface area contributed by atoms with Gasteiger partial charge < -0.3 is 0 Å². The average Bonchev–Trinajstić information content (AvgIpc) is 2.78. The highest BCUT2D eigenvalue weighted by Crippen LogP contribution is 2.33. The van der Waals surface area contributed by atoms with Gasteiger partial charge in [-0.3, -0.25) is 0 Å². The molecule has 0 radical (unpaired) electrons. The minimum absolute atomic E-state index is 1.00. The molecule has 0 aliphatic rings. The molecule has 5 aromatic rings. The van der Waals surface area contributed by atoms with Crippen molar-refractivity contribution in [1.82, 2.24) is 4.98 Å². The van der Waals surface area contributed by atoms with Gasteiger partial charge in [0.15, 0.2) is 0 Å². The van der Waals surface area contributed by atoms with E-state index in [1.54, 1.807) is 0 Å². The minimum Gasteiger partial charge on any atom is -0.247 e. The lowest BCUT2D eigenvalue weighted by Gasteiger charge is -2.12. The summed E-state index contributed by atoms with van der Waals surface area (Å²) in [7, 11) is 0. The van der Waals surface area contributed by atoms with Gasteiger partial charge in [-0.1, -0.05) is 96.1 Å². The zero-order valence-electron chi connectivity index (χ0n) is 17.3. The van der Waals surface area contributed by atoms with Gasteiger partial charge in [0.05, 0.1) is 11.4 Å². The molecule has 144 valence electrons. The first-order chi connectivity index (χ1) is 14.7. The maximum Gasteiger partial charge on any atom is 0.0788 e. The highest BCUT2D eigenvalue weighted by Gasteiger charge is 2.11. The molecule has 0 saturated heterocycles. The van der Waals surface area contributed by atoms with E-state index in [1.165, 1.54) is 38.6 Å². The Morgan fingerprint density at radius 2 is 1.10 bits per heavy atom. The Labute approximate surface area is 177 Å². The standard InChI is InChI=1S/C29H23N/c1-20-16-21(2)18-26(17-20)29-27-11-7-6-10-25(27)19-28(30-29)24-14-12-23(13-15-24)22-8-4-3-5-9-22/h3-19H,1-2H3. The van der Waals surface area contributed by atoms with Crippen LogP contribution in [0.25, 0.3) is 44.4 Å². The minimum atomic E-state index is 1.00. The summed E-state index contributed by atoms with van der Waals surface area (Å²) in [6, 6.07) is 36.5. The maximum atomic E-state index is 5.13. The molecule has 30 heavy (non-hydrogen) atoms. The van der Waals surface area contributed by atoms with Crippen LogP contribution in [-0.4, -0.2) is 4.98 Å². The number of benzene rings is 4. The molecule has 0 bridgehead atoms. The normalized spacial score (nSPS) is 11.0. The van der Waals surface area contributed by atoms with Crippen LogP contribution >= 0.6 is 0 Å². The van der Waals surface area contributed by atoms with Crippen LogP contribution < -0.4 is 0 Å². The van der Waals surface area contributed by atoms with Crippen LogP contribution in [0.1, 0.15) is 11.1 Å². The van der Waals surface area contributed by atoms with E-state index in [2.05, 4.69) is 111 Å². The zero-order valence-corrected chi connectivity index (χ0v) is 17.3. The molecule has 0 spiro atoms. The van der Waals surface area contributed by atoms with Crippen molar-refractivity contribution in [3.8, 4) is 33.6 Å². The average molecular weight is 386 g/mol. The number of nitrogens with zero attached hydrogens (tertiary/aromatic N) is 1. The number of pyridine rings is 1. The van der Waals surface area contributed by atoms with Gasteiger partial charge in [-0.05, 0) is 48.6 Å². The largest absolute Gasteiger partial charge is 0.247 e. The fraction of sp³-hybridized carbons (Fsp3) is 0.0690. The fourth-order valence-corrected chi connectivity index (χ4v) is 4.14. The molecule has 0 aliphatic heterocycles. The third-order valence-corrected chi connectivity index (χ3v) is 5.52. The van der Waals surface area contributed by atoms with Crippen LogP contribution in [0.5, 0.6) is 0 Å². The van der Waals surface area contributed by atoms with E-state index in [-0.39, 0.29) is 0 Å². The lowest BCUT2D eigenvalue weighted by molar-refractivity contribution is 1.32. The van der Waals surface area contributed by atoms with Crippen molar-refractivity contribution in [1.29, 1.82) is 0 Å². The highest BCUT2D eigenvalue weighted by atomic mass is 14.7. The molecule has 5 rings (SSSR count). The summed E-state index contributed by atoms with van der Waals surface area (Å²) < 4.78 is 0. The number of fused-ring (bicyclic) bond motifs is 1. The Hall–Kier alpha value is -3.71. The number of hydrogen-bond donors (Lipinski definition) is 0. The highest BCUT2D eigenvalue weighted by molar-refractivity contribution is 5.97. The van der Waals surface area contributed by atoms with Gasteiger partial charge in [0, 0.05) is 16.5 Å². The summed E-state index contributed by atoms with van der Waals surface area (Å²) in [6.07, 6.45) is 0. The fourth-order valence-electron chi connectivity index (χ4n) is 4.14. The van der Waals surface area contributed by atoms with Crippen LogP contribution in [0.3, 0.4) is 0 Å². The van der Waals surface area contributed by atoms with Crippen LogP contribution in [-0.2, 0) is 0 Å². The molecule has 4 aromatic carbocycles. The molecule has 0 aliphatic carbocycles. The quantitative estimate of drug-likeness (QED) is 0.308. The van der Waals surface area contributed by atoms with Gasteiger partial charge in [0.25, 0.3) is 0 Å². The molecule has 0 atom stereocenters. The lowest BCUT2D eigenvalue weighted by atomic mass is 9.98. The Morgan fingerprint density at radius 1 is 0.500 bits per heavy atom. The zero-order chi connectivity index (χ0) is 20.5. The van der Waals surface area contributed by atoms with Crippen molar-refractivity contribution in [2.45, 2.75) is 13.8 Å². The smallest absolute Gasteiger partial charge is 0.0788 e. The summed E-state index contributed by atoms with van der Waals surface area (Å²) in [5.74, 6) is 0. The predicted octanol–water partition coefficient (Wildman–Crippen LogP) is 7.85. The molecular formula is C29H23N. The first-order valence-electron chi connectivity index (χ1n) is 10.3. The van der Waals surface area contributed by atoms with Gasteiger partial charge in [-0.2, -0.15) is 0 Å². The molecule has 1 nitrogen and oxygen atoms in total. The summed E-state index contributed by atoms with van der Waals surface area (Å²) in [5, 5.41) is 2.40. The maximum absolute atomic E-state index is 5.13. The molecule has 0 saturated carbocycles. The third kappa shape index (κ3) is 3.51. The summed E-state index contributed by atoms with van der Waals surface area (Å²) in [5.41, 5.74) is 9.31. The Bertz CT molecular complexity index is 1310. The summed E-state index contributed by atoms with van der Waals surface area (Å²) in [4.78, 5) is 5.13. The van der Waals surface area contributed by atoms with Crippen molar-refractivity contribution in [3.05, 3.63) is 114 Å². The first kappa shape index (κ1) is 18.3. The molecular weight excluding hydrogens is 362 g/mol. The van der Waals surface area contributed by atoms with Gasteiger partial charge >= 0.3 is 0 Å². The number of rotatable bonds is 3. The first-order valence-corrected chi connectivity index (χ1v) is 10.3. The Kier molecular flexibility index (Phi) is 4.65. The van der Waals surface area contributed by atoms with Crippen LogP contribution in [0.2, 0.25) is 0 Å². The van der Waals surface area contributed by atoms with Crippen LogP contribution in [0.15, 0.2) is 103 Å². The van der Waals surface area contributed by atoms with E-state index >= 15 is 0 Å². The summed E-state index contributed by atoms with van der Waals surface area (Å²) in [6.45, 7) is 4.29. The van der Waals surface area contributed by atoms with E-state index in [9.17, 15) is 0 Å². The molecule has 0 fully saturated rings.